The molecule has 2 aromatic rings. The van der Waals surface area contributed by atoms with Gasteiger partial charge in [0.25, 0.3) is 0 Å². The Hall–Kier alpha value is -2.96. The lowest BCUT2D eigenvalue weighted by Gasteiger charge is -2.32. The van der Waals surface area contributed by atoms with Gasteiger partial charge in [0, 0.05) is 18.5 Å². The Morgan fingerprint density at radius 3 is 2.34 bits per heavy atom. The molecule has 0 atom stereocenters. The third-order valence-corrected chi connectivity index (χ3v) is 5.15. The number of carbonyl (C=O) groups excluding carboxylic acids is 2. The highest BCUT2D eigenvalue weighted by Gasteiger charge is 2.30. The van der Waals surface area contributed by atoms with E-state index in [1.165, 1.54) is 0 Å². The predicted octanol–water partition coefficient (Wildman–Crippen LogP) is 4.38. The molecule has 0 saturated heterocycles. The molecule has 3 rings (SSSR count). The Labute approximate surface area is 190 Å². The minimum atomic E-state index is -0.560. The number of hydrogen-bond acceptors (Lipinski definition) is 5. The van der Waals surface area contributed by atoms with Crippen LogP contribution >= 0.6 is 0 Å². The molecule has 1 aliphatic rings. The van der Waals surface area contributed by atoms with Crippen molar-refractivity contribution in [2.45, 2.75) is 54.6 Å². The third-order valence-electron chi connectivity index (χ3n) is 5.15. The van der Waals surface area contributed by atoms with Crippen LogP contribution in [0.25, 0.3) is 0 Å². The van der Waals surface area contributed by atoms with Crippen LogP contribution in [0.1, 0.15) is 51.7 Å². The van der Waals surface area contributed by atoms with Gasteiger partial charge >= 0.3 is 0 Å². The molecule has 1 aliphatic heterocycles. The van der Waals surface area contributed by atoms with Crippen LogP contribution in [-0.4, -0.2) is 41.5 Å². The van der Waals surface area contributed by atoms with Crippen molar-refractivity contribution in [3.63, 3.8) is 0 Å². The van der Waals surface area contributed by atoms with Gasteiger partial charge in [-0.3, -0.25) is 9.59 Å². The number of aryl methyl sites for hydroxylation is 1. The smallest absolute Gasteiger partial charge is 0.242 e. The summed E-state index contributed by atoms with van der Waals surface area (Å²) in [5.74, 6) is 2.96. The third kappa shape index (κ3) is 6.05. The van der Waals surface area contributed by atoms with Crippen LogP contribution in [0.4, 0.5) is 0 Å². The Bertz CT molecular complexity index is 957. The highest BCUT2D eigenvalue weighted by molar-refractivity contribution is 5.87. The molecule has 0 saturated carbocycles. The highest BCUT2D eigenvalue weighted by atomic mass is 16.7. The van der Waals surface area contributed by atoms with Crippen molar-refractivity contribution in [2.24, 2.45) is 11.3 Å². The molecule has 1 aromatic carbocycles. The van der Waals surface area contributed by atoms with Crippen molar-refractivity contribution in [3.8, 4) is 11.5 Å². The van der Waals surface area contributed by atoms with Gasteiger partial charge in [-0.2, -0.15) is 0 Å². The summed E-state index contributed by atoms with van der Waals surface area (Å²) < 4.78 is 16.6. The van der Waals surface area contributed by atoms with Gasteiger partial charge in [0.1, 0.15) is 11.5 Å². The second-order valence-electron chi connectivity index (χ2n) is 9.78. The van der Waals surface area contributed by atoms with Gasteiger partial charge in [0.05, 0.1) is 13.1 Å². The first-order valence-corrected chi connectivity index (χ1v) is 11.0. The number of ether oxygens (including phenoxy) is 2. The van der Waals surface area contributed by atoms with Gasteiger partial charge in [-0.1, -0.05) is 40.7 Å². The molecule has 0 spiro atoms. The lowest BCUT2D eigenvalue weighted by molar-refractivity contribution is -0.146. The Morgan fingerprint density at radius 1 is 1.00 bits per heavy atom. The first-order valence-electron chi connectivity index (χ1n) is 11.0. The van der Waals surface area contributed by atoms with E-state index in [1.54, 1.807) is 9.80 Å². The second kappa shape index (κ2) is 9.67. The molecule has 2 amide bonds. The molecule has 174 valence electrons. The summed E-state index contributed by atoms with van der Waals surface area (Å²) in [5, 5.41) is 0. The van der Waals surface area contributed by atoms with Crippen LogP contribution in [0.5, 0.6) is 11.5 Å². The molecular weight excluding hydrogens is 408 g/mol. The second-order valence-corrected chi connectivity index (χ2v) is 9.78. The standard InChI is InChI=1S/C25H34N2O5/c1-17(2)12-27(24(29)25(4,5)6)15-23(28)26(14-20-9-7-18(3)32-20)13-19-8-10-21-22(11-19)31-16-30-21/h7-11,17H,12-16H2,1-6H3. The van der Waals surface area contributed by atoms with Crippen LogP contribution in [0.3, 0.4) is 0 Å². The van der Waals surface area contributed by atoms with Crippen LogP contribution < -0.4 is 9.47 Å². The van der Waals surface area contributed by atoms with Crippen molar-refractivity contribution in [1.29, 1.82) is 0 Å². The van der Waals surface area contributed by atoms with E-state index in [2.05, 4.69) is 0 Å². The molecule has 0 unspecified atom stereocenters. The highest BCUT2D eigenvalue weighted by Crippen LogP contribution is 2.33. The average molecular weight is 443 g/mol. The summed E-state index contributed by atoms with van der Waals surface area (Å²) in [6.45, 7) is 13.0. The lowest BCUT2D eigenvalue weighted by atomic mass is 9.94. The van der Waals surface area contributed by atoms with Crippen molar-refractivity contribution >= 4 is 11.8 Å². The maximum atomic E-state index is 13.5. The maximum absolute atomic E-state index is 13.5. The fourth-order valence-electron chi connectivity index (χ4n) is 3.65. The fourth-order valence-corrected chi connectivity index (χ4v) is 3.65. The van der Waals surface area contributed by atoms with E-state index in [0.29, 0.717) is 36.9 Å². The van der Waals surface area contributed by atoms with Gasteiger partial charge < -0.3 is 23.7 Å². The molecule has 0 bridgehead atoms. The topological polar surface area (TPSA) is 72.2 Å². The van der Waals surface area contributed by atoms with E-state index in [9.17, 15) is 9.59 Å². The zero-order valence-corrected chi connectivity index (χ0v) is 19.9. The molecule has 1 aromatic heterocycles. The molecule has 32 heavy (non-hydrogen) atoms. The maximum Gasteiger partial charge on any atom is 0.242 e. The Balaban J connectivity index is 1.82. The van der Waals surface area contributed by atoms with Gasteiger partial charge in [0.15, 0.2) is 11.5 Å². The summed E-state index contributed by atoms with van der Waals surface area (Å²) in [5.41, 5.74) is 0.360. The van der Waals surface area contributed by atoms with E-state index in [-0.39, 0.29) is 31.1 Å². The molecule has 0 aliphatic carbocycles. The van der Waals surface area contributed by atoms with E-state index in [4.69, 9.17) is 13.9 Å². The Kier molecular flexibility index (Phi) is 7.16. The molecule has 2 heterocycles. The quantitative estimate of drug-likeness (QED) is 0.607. The number of carbonyl (C=O) groups is 2. The SMILES string of the molecule is Cc1ccc(CN(Cc2ccc3c(c2)OCO3)C(=O)CN(CC(C)C)C(=O)C(C)(C)C)o1. The van der Waals surface area contributed by atoms with Gasteiger partial charge in [-0.05, 0) is 42.7 Å². The molecule has 7 nitrogen and oxygen atoms in total. The summed E-state index contributed by atoms with van der Waals surface area (Å²) in [6.07, 6.45) is 0. The summed E-state index contributed by atoms with van der Waals surface area (Å²) in [7, 11) is 0. The predicted molar refractivity (Wildman–Crippen MR) is 121 cm³/mol. The number of rotatable bonds is 8. The summed E-state index contributed by atoms with van der Waals surface area (Å²) >= 11 is 0. The number of benzene rings is 1. The number of nitrogens with zero attached hydrogens (tertiary/aromatic N) is 2. The molecule has 0 N–H and O–H groups in total. The lowest BCUT2D eigenvalue weighted by Crippen LogP contribution is -2.47. The first-order chi connectivity index (χ1) is 15.0. The van der Waals surface area contributed by atoms with Crippen molar-refractivity contribution in [3.05, 3.63) is 47.4 Å². The normalized spacial score (nSPS) is 12.8. The number of amides is 2. The molecular formula is C25H34N2O5. The zero-order valence-electron chi connectivity index (χ0n) is 19.9. The number of fused-ring (bicyclic) bond motifs is 1. The summed E-state index contributed by atoms with van der Waals surface area (Å²) in [4.78, 5) is 29.9. The van der Waals surface area contributed by atoms with Crippen LogP contribution in [0.2, 0.25) is 0 Å². The monoisotopic (exact) mass is 442 g/mol. The van der Waals surface area contributed by atoms with E-state index in [1.807, 2.05) is 71.9 Å². The van der Waals surface area contributed by atoms with Crippen molar-refractivity contribution in [1.82, 2.24) is 9.80 Å². The van der Waals surface area contributed by atoms with E-state index >= 15 is 0 Å². The molecule has 0 fully saturated rings. The van der Waals surface area contributed by atoms with Crippen LogP contribution in [0.15, 0.2) is 34.7 Å². The number of furan rings is 1. The van der Waals surface area contributed by atoms with E-state index in [0.717, 1.165) is 11.3 Å². The van der Waals surface area contributed by atoms with Gasteiger partial charge in [0.2, 0.25) is 18.6 Å². The van der Waals surface area contributed by atoms with E-state index < -0.39 is 5.41 Å². The fraction of sp³-hybridized carbons (Fsp3) is 0.520. The minimum Gasteiger partial charge on any atom is -0.464 e. The average Bonchev–Trinajstić information content (AvgIpc) is 3.33. The zero-order chi connectivity index (χ0) is 23.5. The van der Waals surface area contributed by atoms with Crippen molar-refractivity contribution < 1.29 is 23.5 Å². The first kappa shape index (κ1) is 23.7. The Morgan fingerprint density at radius 2 is 1.72 bits per heavy atom. The largest absolute Gasteiger partial charge is 0.464 e. The summed E-state index contributed by atoms with van der Waals surface area (Å²) in [6, 6.07) is 9.43. The van der Waals surface area contributed by atoms with Crippen LogP contribution in [0, 0.1) is 18.3 Å². The molecule has 0 radical (unpaired) electrons. The number of hydrogen-bond donors (Lipinski definition) is 0. The van der Waals surface area contributed by atoms with Gasteiger partial charge in [-0.25, -0.2) is 0 Å². The molecule has 7 heteroatoms. The van der Waals surface area contributed by atoms with Crippen molar-refractivity contribution in [2.75, 3.05) is 19.9 Å². The van der Waals surface area contributed by atoms with Gasteiger partial charge in [-0.15, -0.1) is 0 Å². The van der Waals surface area contributed by atoms with Crippen LogP contribution in [-0.2, 0) is 22.7 Å². The minimum absolute atomic E-state index is 0.0263.